The molecule has 0 aliphatic rings. The Bertz CT molecular complexity index is 1190. The van der Waals surface area contributed by atoms with E-state index in [1.807, 2.05) is 48.5 Å². The molecule has 29 heavy (non-hydrogen) atoms. The second-order valence-electron chi connectivity index (χ2n) is 6.51. The number of ether oxygens (including phenoxy) is 1. The van der Waals surface area contributed by atoms with Crippen LogP contribution in [0.1, 0.15) is 15.9 Å². The molecule has 4 nitrogen and oxygen atoms in total. The summed E-state index contributed by atoms with van der Waals surface area (Å²) in [5.41, 5.74) is 3.09. The van der Waals surface area contributed by atoms with Crippen LogP contribution < -0.4 is 0 Å². The van der Waals surface area contributed by atoms with Gasteiger partial charge in [-0.2, -0.15) is 0 Å². The van der Waals surface area contributed by atoms with Crippen LogP contribution in [0.25, 0.3) is 22.2 Å². The van der Waals surface area contributed by atoms with Crippen LogP contribution >= 0.6 is 11.6 Å². The van der Waals surface area contributed by atoms with Crippen molar-refractivity contribution >= 4 is 34.4 Å². The van der Waals surface area contributed by atoms with Crippen LogP contribution in [0.5, 0.6) is 0 Å². The molecule has 4 rings (SSSR count). The number of benzene rings is 3. The van der Waals surface area contributed by atoms with Crippen molar-refractivity contribution in [2.45, 2.75) is 6.42 Å². The molecule has 0 amide bonds. The molecule has 0 saturated heterocycles. The zero-order valence-electron chi connectivity index (χ0n) is 15.3. The SMILES string of the molecule is O=C(Cc1ccccc1)OC(=O)c1cc(-c2ccccc2)nc2ccc(Cl)cc12. The third kappa shape index (κ3) is 4.33. The van der Waals surface area contributed by atoms with Crippen LogP contribution in [0.15, 0.2) is 84.9 Å². The average molecular weight is 402 g/mol. The molecule has 0 aliphatic heterocycles. The Morgan fingerprint density at radius 1 is 0.862 bits per heavy atom. The first-order valence-corrected chi connectivity index (χ1v) is 9.42. The number of aromatic nitrogens is 1. The topological polar surface area (TPSA) is 56.3 Å². The summed E-state index contributed by atoms with van der Waals surface area (Å²) in [6, 6.07) is 25.4. The number of hydrogen-bond donors (Lipinski definition) is 0. The molecule has 4 aromatic rings. The van der Waals surface area contributed by atoms with Crippen molar-refractivity contribution in [2.75, 3.05) is 0 Å². The van der Waals surface area contributed by atoms with E-state index in [0.717, 1.165) is 11.1 Å². The van der Waals surface area contributed by atoms with Crippen molar-refractivity contribution in [2.24, 2.45) is 0 Å². The molecule has 0 spiro atoms. The third-order valence-electron chi connectivity index (χ3n) is 4.46. The number of pyridine rings is 1. The highest BCUT2D eigenvalue weighted by molar-refractivity contribution is 6.31. The molecule has 0 bridgehead atoms. The van der Waals surface area contributed by atoms with E-state index in [2.05, 4.69) is 4.98 Å². The molecule has 0 atom stereocenters. The molecule has 142 valence electrons. The van der Waals surface area contributed by atoms with Gasteiger partial charge >= 0.3 is 11.9 Å². The average Bonchev–Trinajstić information content (AvgIpc) is 2.74. The summed E-state index contributed by atoms with van der Waals surface area (Å²) in [5, 5.41) is 1.01. The van der Waals surface area contributed by atoms with Crippen molar-refractivity contribution in [3.63, 3.8) is 0 Å². The molecule has 1 aromatic heterocycles. The molecule has 1 heterocycles. The quantitative estimate of drug-likeness (QED) is 0.335. The summed E-state index contributed by atoms with van der Waals surface area (Å²) in [4.78, 5) is 29.7. The monoisotopic (exact) mass is 401 g/mol. The predicted molar refractivity (Wildman–Crippen MR) is 113 cm³/mol. The van der Waals surface area contributed by atoms with Gasteiger partial charge < -0.3 is 4.74 Å². The van der Waals surface area contributed by atoms with Crippen LogP contribution in [-0.2, 0) is 16.0 Å². The first-order chi connectivity index (χ1) is 14.1. The number of halogens is 1. The summed E-state index contributed by atoms with van der Waals surface area (Å²) in [7, 11) is 0. The smallest absolute Gasteiger partial charge is 0.346 e. The zero-order chi connectivity index (χ0) is 20.2. The fraction of sp³-hybridized carbons (Fsp3) is 0.0417. The highest BCUT2D eigenvalue weighted by atomic mass is 35.5. The van der Waals surface area contributed by atoms with Gasteiger partial charge in [0.05, 0.1) is 23.2 Å². The predicted octanol–water partition coefficient (Wildman–Crippen LogP) is 5.48. The van der Waals surface area contributed by atoms with Gasteiger partial charge in [0.1, 0.15) is 0 Å². The minimum absolute atomic E-state index is 0.0158. The Morgan fingerprint density at radius 3 is 2.28 bits per heavy atom. The van der Waals surface area contributed by atoms with Gasteiger partial charge in [-0.1, -0.05) is 72.3 Å². The maximum Gasteiger partial charge on any atom is 0.346 e. The van der Waals surface area contributed by atoms with E-state index in [1.165, 1.54) is 0 Å². The molecular formula is C24H16ClNO3. The van der Waals surface area contributed by atoms with Crippen molar-refractivity contribution in [3.05, 3.63) is 101 Å². The molecule has 0 N–H and O–H groups in total. The van der Waals surface area contributed by atoms with E-state index in [0.29, 0.717) is 21.6 Å². The van der Waals surface area contributed by atoms with Gasteiger partial charge in [0.15, 0.2) is 0 Å². The first kappa shape index (κ1) is 18.8. The number of fused-ring (bicyclic) bond motifs is 1. The highest BCUT2D eigenvalue weighted by Gasteiger charge is 2.19. The van der Waals surface area contributed by atoms with Gasteiger partial charge in [-0.05, 0) is 29.8 Å². The van der Waals surface area contributed by atoms with Crippen molar-refractivity contribution in [3.8, 4) is 11.3 Å². The molecule has 0 fully saturated rings. The summed E-state index contributed by atoms with van der Waals surface area (Å²) < 4.78 is 5.13. The van der Waals surface area contributed by atoms with Gasteiger partial charge in [0.2, 0.25) is 0 Å². The molecule has 0 unspecified atom stereocenters. The summed E-state index contributed by atoms with van der Waals surface area (Å²) in [6.45, 7) is 0. The Hall–Kier alpha value is -3.50. The van der Waals surface area contributed by atoms with E-state index in [1.54, 1.807) is 36.4 Å². The normalized spacial score (nSPS) is 10.7. The van der Waals surface area contributed by atoms with E-state index in [9.17, 15) is 9.59 Å². The Labute approximate surface area is 172 Å². The zero-order valence-corrected chi connectivity index (χ0v) is 16.1. The maximum atomic E-state index is 12.8. The van der Waals surface area contributed by atoms with Gasteiger partial charge in [-0.25, -0.2) is 9.78 Å². The van der Waals surface area contributed by atoms with Crippen LogP contribution in [0.2, 0.25) is 5.02 Å². The Kier molecular flexibility index (Phi) is 5.36. The van der Waals surface area contributed by atoms with Crippen LogP contribution in [0, 0.1) is 0 Å². The second kappa shape index (κ2) is 8.25. The van der Waals surface area contributed by atoms with Crippen LogP contribution in [-0.4, -0.2) is 16.9 Å². The Morgan fingerprint density at radius 2 is 1.55 bits per heavy atom. The number of carbonyl (C=O) groups excluding carboxylic acids is 2. The number of rotatable bonds is 4. The third-order valence-corrected chi connectivity index (χ3v) is 4.69. The lowest BCUT2D eigenvalue weighted by molar-refractivity contribution is -0.137. The first-order valence-electron chi connectivity index (χ1n) is 9.05. The fourth-order valence-electron chi connectivity index (χ4n) is 3.08. The number of carbonyl (C=O) groups is 2. The molecule has 3 aromatic carbocycles. The van der Waals surface area contributed by atoms with E-state index < -0.39 is 11.9 Å². The van der Waals surface area contributed by atoms with E-state index >= 15 is 0 Å². The van der Waals surface area contributed by atoms with Gasteiger partial charge in [-0.3, -0.25) is 4.79 Å². The van der Waals surface area contributed by atoms with E-state index in [-0.39, 0.29) is 12.0 Å². The lowest BCUT2D eigenvalue weighted by atomic mass is 10.0. The minimum atomic E-state index is -0.724. The summed E-state index contributed by atoms with van der Waals surface area (Å²) in [6.07, 6.45) is 0.0158. The van der Waals surface area contributed by atoms with Crippen molar-refractivity contribution < 1.29 is 14.3 Å². The summed E-state index contributed by atoms with van der Waals surface area (Å²) >= 11 is 6.12. The van der Waals surface area contributed by atoms with Crippen molar-refractivity contribution in [1.29, 1.82) is 0 Å². The van der Waals surface area contributed by atoms with Crippen LogP contribution in [0.4, 0.5) is 0 Å². The molecular weight excluding hydrogens is 386 g/mol. The van der Waals surface area contributed by atoms with Gasteiger partial charge in [-0.15, -0.1) is 0 Å². The minimum Gasteiger partial charge on any atom is -0.389 e. The highest BCUT2D eigenvalue weighted by Crippen LogP contribution is 2.27. The number of esters is 2. The molecule has 5 heteroatoms. The second-order valence-corrected chi connectivity index (χ2v) is 6.94. The number of nitrogens with zero attached hydrogens (tertiary/aromatic N) is 1. The molecule has 0 aliphatic carbocycles. The standard InChI is InChI=1S/C24H16ClNO3/c25-18-11-12-21-19(14-18)20(15-22(26-21)17-9-5-2-6-10-17)24(28)29-23(27)13-16-7-3-1-4-8-16/h1-12,14-15H,13H2. The summed E-state index contributed by atoms with van der Waals surface area (Å²) in [5.74, 6) is -1.34. The molecule has 0 saturated carbocycles. The maximum absolute atomic E-state index is 12.8. The fourth-order valence-corrected chi connectivity index (χ4v) is 3.25. The van der Waals surface area contributed by atoms with Gasteiger partial charge in [0.25, 0.3) is 0 Å². The lowest BCUT2D eigenvalue weighted by Crippen LogP contribution is -2.15. The Balaban J connectivity index is 1.70. The lowest BCUT2D eigenvalue weighted by Gasteiger charge is -2.10. The largest absolute Gasteiger partial charge is 0.389 e. The number of hydrogen-bond acceptors (Lipinski definition) is 4. The van der Waals surface area contributed by atoms with Crippen LogP contribution in [0.3, 0.4) is 0 Å². The van der Waals surface area contributed by atoms with E-state index in [4.69, 9.17) is 16.3 Å². The molecule has 0 radical (unpaired) electrons. The van der Waals surface area contributed by atoms with Gasteiger partial charge in [0, 0.05) is 16.0 Å². The van der Waals surface area contributed by atoms with Crippen molar-refractivity contribution in [1.82, 2.24) is 4.98 Å².